The van der Waals surface area contributed by atoms with Crippen LogP contribution in [0.1, 0.15) is 50.3 Å². The predicted molar refractivity (Wildman–Crippen MR) is 79.2 cm³/mol. The van der Waals surface area contributed by atoms with Gasteiger partial charge in [-0.25, -0.2) is 13.1 Å². The van der Waals surface area contributed by atoms with Crippen LogP contribution in [-0.2, 0) is 16.3 Å². The van der Waals surface area contributed by atoms with Gasteiger partial charge in [0, 0.05) is 6.07 Å². The van der Waals surface area contributed by atoms with Crippen LogP contribution in [-0.4, -0.2) is 29.7 Å². The summed E-state index contributed by atoms with van der Waals surface area (Å²) in [6, 6.07) is 1.85. The van der Waals surface area contributed by atoms with Crippen molar-refractivity contribution in [1.82, 2.24) is 9.78 Å². The fraction of sp³-hybridized carbons (Fsp3) is 0.786. The van der Waals surface area contributed by atoms with Crippen molar-refractivity contribution in [1.29, 1.82) is 0 Å². The van der Waals surface area contributed by atoms with Crippen molar-refractivity contribution in [3.8, 4) is 0 Å². The van der Waals surface area contributed by atoms with E-state index in [1.54, 1.807) is 4.68 Å². The molecule has 1 unspecified atom stereocenters. The summed E-state index contributed by atoms with van der Waals surface area (Å²) in [5, 5.41) is 4.55. The zero-order chi connectivity index (χ0) is 14.2. The smallest absolute Gasteiger partial charge is 0.152 e. The minimum absolute atomic E-state index is 0.0692. The number of nitrogens with zero attached hydrogens (tertiary/aromatic N) is 2. The highest BCUT2D eigenvalue weighted by atomic mass is 32.2. The van der Waals surface area contributed by atoms with Crippen LogP contribution >= 0.6 is 0 Å². The van der Waals surface area contributed by atoms with E-state index in [-0.39, 0.29) is 17.5 Å². The molecular weight excluding hydrogens is 274 g/mol. The quantitative estimate of drug-likeness (QED) is 0.921. The molecule has 0 radical (unpaired) electrons. The highest BCUT2D eigenvalue weighted by Crippen LogP contribution is 2.30. The Morgan fingerprint density at radius 2 is 2.05 bits per heavy atom. The SMILES string of the molecule is Nc1cc(CCC2CCCC2)nn1C1CCS(=O)(=O)C1. The van der Waals surface area contributed by atoms with Crippen LogP contribution in [0.15, 0.2) is 6.07 Å². The van der Waals surface area contributed by atoms with Gasteiger partial charge in [-0.1, -0.05) is 25.7 Å². The molecule has 0 bridgehead atoms. The molecule has 0 amide bonds. The molecule has 0 aromatic carbocycles. The Morgan fingerprint density at radius 3 is 2.70 bits per heavy atom. The van der Waals surface area contributed by atoms with Crippen molar-refractivity contribution >= 4 is 15.7 Å². The van der Waals surface area contributed by atoms with E-state index in [2.05, 4.69) is 5.10 Å². The summed E-state index contributed by atoms with van der Waals surface area (Å²) in [5.41, 5.74) is 7.01. The van der Waals surface area contributed by atoms with E-state index >= 15 is 0 Å². The first-order valence-corrected chi connectivity index (χ1v) is 9.40. The molecule has 1 aliphatic carbocycles. The lowest BCUT2D eigenvalue weighted by atomic mass is 10.0. The maximum atomic E-state index is 11.6. The van der Waals surface area contributed by atoms with Crippen LogP contribution in [0.5, 0.6) is 0 Å². The summed E-state index contributed by atoms with van der Waals surface area (Å²) >= 11 is 0. The molecule has 112 valence electrons. The Balaban J connectivity index is 1.64. The summed E-state index contributed by atoms with van der Waals surface area (Å²) in [6.45, 7) is 0. The number of rotatable bonds is 4. The van der Waals surface area contributed by atoms with Gasteiger partial charge < -0.3 is 5.73 Å². The topological polar surface area (TPSA) is 78.0 Å². The van der Waals surface area contributed by atoms with Crippen molar-refractivity contribution < 1.29 is 8.42 Å². The van der Waals surface area contributed by atoms with E-state index in [1.807, 2.05) is 6.07 Å². The van der Waals surface area contributed by atoms with Gasteiger partial charge in [-0.2, -0.15) is 5.10 Å². The second-order valence-electron chi connectivity index (χ2n) is 6.25. The summed E-state index contributed by atoms with van der Waals surface area (Å²) in [6.07, 6.45) is 8.19. The Kier molecular flexibility index (Phi) is 3.75. The van der Waals surface area contributed by atoms with Crippen LogP contribution in [0.2, 0.25) is 0 Å². The predicted octanol–water partition coefficient (Wildman–Crippen LogP) is 1.95. The number of hydrogen-bond donors (Lipinski definition) is 1. The summed E-state index contributed by atoms with van der Waals surface area (Å²) < 4.78 is 24.8. The minimum Gasteiger partial charge on any atom is -0.384 e. The summed E-state index contributed by atoms with van der Waals surface area (Å²) in [4.78, 5) is 0. The largest absolute Gasteiger partial charge is 0.384 e. The lowest BCUT2D eigenvalue weighted by Gasteiger charge is -2.10. The molecule has 0 spiro atoms. The van der Waals surface area contributed by atoms with E-state index in [0.717, 1.165) is 18.0 Å². The zero-order valence-electron chi connectivity index (χ0n) is 11.8. The van der Waals surface area contributed by atoms with E-state index in [4.69, 9.17) is 5.73 Å². The Bertz CT molecular complexity index is 573. The third kappa shape index (κ3) is 3.00. The highest BCUT2D eigenvalue weighted by Gasteiger charge is 2.30. The molecule has 1 atom stereocenters. The molecule has 2 fully saturated rings. The maximum absolute atomic E-state index is 11.6. The van der Waals surface area contributed by atoms with Crippen molar-refractivity contribution in [3.05, 3.63) is 11.8 Å². The molecule has 1 saturated heterocycles. The third-order valence-corrected chi connectivity index (χ3v) is 6.40. The van der Waals surface area contributed by atoms with Gasteiger partial charge in [0.1, 0.15) is 5.82 Å². The average Bonchev–Trinajstić information content (AvgIpc) is 3.07. The second kappa shape index (κ2) is 5.39. The van der Waals surface area contributed by atoms with E-state index in [9.17, 15) is 8.42 Å². The standard InChI is InChI=1S/C14H23N3O2S/c15-14-9-12(6-5-11-3-1-2-4-11)16-17(14)13-7-8-20(18,19)10-13/h9,11,13H,1-8,10,15H2. The average molecular weight is 297 g/mol. The van der Waals surface area contributed by atoms with Gasteiger partial charge in [0.2, 0.25) is 0 Å². The van der Waals surface area contributed by atoms with Crippen molar-refractivity contribution in [2.75, 3.05) is 17.2 Å². The molecule has 1 aliphatic heterocycles. The van der Waals surface area contributed by atoms with Crippen LogP contribution < -0.4 is 5.73 Å². The van der Waals surface area contributed by atoms with Crippen molar-refractivity contribution in [2.45, 2.75) is 51.0 Å². The first-order valence-electron chi connectivity index (χ1n) is 7.58. The molecule has 20 heavy (non-hydrogen) atoms. The van der Waals surface area contributed by atoms with Crippen LogP contribution in [0.3, 0.4) is 0 Å². The highest BCUT2D eigenvalue weighted by molar-refractivity contribution is 7.91. The fourth-order valence-electron chi connectivity index (χ4n) is 3.50. The van der Waals surface area contributed by atoms with Gasteiger partial charge in [-0.3, -0.25) is 0 Å². The Labute approximate surface area is 120 Å². The molecule has 5 nitrogen and oxygen atoms in total. The maximum Gasteiger partial charge on any atom is 0.152 e. The number of nitrogens with two attached hydrogens (primary N) is 1. The number of aryl methyl sites for hydroxylation is 1. The van der Waals surface area contributed by atoms with Crippen molar-refractivity contribution in [3.63, 3.8) is 0 Å². The van der Waals surface area contributed by atoms with E-state index < -0.39 is 9.84 Å². The molecule has 3 rings (SSSR count). The molecule has 1 aromatic heterocycles. The molecule has 2 N–H and O–H groups in total. The van der Waals surface area contributed by atoms with Gasteiger partial charge in [0.25, 0.3) is 0 Å². The molecular formula is C14H23N3O2S. The Morgan fingerprint density at radius 1 is 1.30 bits per heavy atom. The number of sulfone groups is 1. The van der Waals surface area contributed by atoms with Gasteiger partial charge in [-0.15, -0.1) is 0 Å². The first kappa shape index (κ1) is 13.9. The summed E-state index contributed by atoms with van der Waals surface area (Å²) in [7, 11) is -2.89. The lowest BCUT2D eigenvalue weighted by molar-refractivity contribution is 0.481. The van der Waals surface area contributed by atoms with Crippen molar-refractivity contribution in [2.24, 2.45) is 5.92 Å². The molecule has 1 saturated carbocycles. The minimum atomic E-state index is -2.89. The number of hydrogen-bond acceptors (Lipinski definition) is 4. The zero-order valence-corrected chi connectivity index (χ0v) is 12.6. The Hall–Kier alpha value is -1.04. The fourth-order valence-corrected chi connectivity index (χ4v) is 5.19. The monoisotopic (exact) mass is 297 g/mol. The summed E-state index contributed by atoms with van der Waals surface area (Å²) in [5.74, 6) is 1.89. The molecule has 6 heteroatoms. The van der Waals surface area contributed by atoms with Gasteiger partial charge in [0.05, 0.1) is 23.2 Å². The third-order valence-electron chi connectivity index (χ3n) is 4.65. The number of anilines is 1. The van der Waals surface area contributed by atoms with Gasteiger partial charge >= 0.3 is 0 Å². The van der Waals surface area contributed by atoms with Crippen LogP contribution in [0, 0.1) is 5.92 Å². The van der Waals surface area contributed by atoms with Gasteiger partial charge in [0.15, 0.2) is 9.84 Å². The second-order valence-corrected chi connectivity index (χ2v) is 8.48. The first-order chi connectivity index (χ1) is 9.53. The van der Waals surface area contributed by atoms with Gasteiger partial charge in [-0.05, 0) is 25.2 Å². The van der Waals surface area contributed by atoms with Crippen LogP contribution in [0.25, 0.3) is 0 Å². The molecule has 2 heterocycles. The number of nitrogen functional groups attached to an aromatic ring is 1. The van der Waals surface area contributed by atoms with Crippen LogP contribution in [0.4, 0.5) is 5.82 Å². The van der Waals surface area contributed by atoms with E-state index in [0.29, 0.717) is 12.2 Å². The molecule has 2 aliphatic rings. The number of aromatic nitrogens is 2. The normalized spacial score (nSPS) is 26.3. The lowest BCUT2D eigenvalue weighted by Crippen LogP contribution is -2.14. The van der Waals surface area contributed by atoms with E-state index in [1.165, 1.54) is 32.1 Å². The molecule has 1 aromatic rings.